The van der Waals surface area contributed by atoms with Crippen molar-refractivity contribution in [2.45, 2.75) is 38.6 Å². The first kappa shape index (κ1) is 24.5. The molecule has 0 atom stereocenters. The summed E-state index contributed by atoms with van der Waals surface area (Å²) in [6, 6.07) is 4.15. The molecule has 2 N–H and O–H groups in total. The topological polar surface area (TPSA) is 88.3 Å². The van der Waals surface area contributed by atoms with E-state index in [1.165, 1.54) is 7.11 Å². The molecule has 0 aliphatic carbocycles. The van der Waals surface area contributed by atoms with Gasteiger partial charge < -0.3 is 29.4 Å². The van der Waals surface area contributed by atoms with E-state index in [9.17, 15) is 4.79 Å². The number of methoxy groups -OCH3 is 1. The fraction of sp³-hybridized carbons (Fsp3) is 0.684. The Morgan fingerprint density at radius 1 is 1.39 bits per heavy atom. The molecular weight excluding hydrogens is 475 g/mol. The number of guanidine groups is 1. The Kier molecular flexibility index (Phi) is 12.7. The maximum absolute atomic E-state index is 11.6. The lowest BCUT2D eigenvalue weighted by molar-refractivity contribution is 0.111. The highest BCUT2D eigenvalue weighted by atomic mass is 127. The number of piperidine rings is 1. The maximum atomic E-state index is 11.6. The highest BCUT2D eigenvalue weighted by molar-refractivity contribution is 14.0. The van der Waals surface area contributed by atoms with Crippen molar-refractivity contribution in [2.24, 2.45) is 4.99 Å². The zero-order valence-corrected chi connectivity index (χ0v) is 19.1. The van der Waals surface area contributed by atoms with Gasteiger partial charge in [0.25, 0.3) is 0 Å². The lowest BCUT2D eigenvalue weighted by Crippen LogP contribution is -2.50. The van der Waals surface area contributed by atoms with E-state index in [1.807, 2.05) is 19.1 Å². The second-order valence-electron chi connectivity index (χ2n) is 6.41. The van der Waals surface area contributed by atoms with E-state index in [-0.39, 0.29) is 36.1 Å². The van der Waals surface area contributed by atoms with Crippen LogP contribution in [0.2, 0.25) is 0 Å². The first-order valence-corrected chi connectivity index (χ1v) is 9.70. The first-order valence-electron chi connectivity index (χ1n) is 9.70. The molecule has 28 heavy (non-hydrogen) atoms. The minimum atomic E-state index is -0.255. The van der Waals surface area contributed by atoms with Crippen LogP contribution in [-0.2, 0) is 15.9 Å². The standard InChI is InChI=1S/C19H32N4O4.HI/c1-3-26-14-5-10-20-18(21-11-7-17-6-4-15-27-17)22-16-8-12-23(13-9-16)19(24)25-2;/h4,6,15-16H,3,5,7-14H2,1-2H3,(H2,20,21,22);1H. The fourth-order valence-corrected chi connectivity index (χ4v) is 2.94. The average Bonchev–Trinajstić information content (AvgIpc) is 3.21. The Labute approximate surface area is 184 Å². The molecule has 0 saturated carbocycles. The monoisotopic (exact) mass is 508 g/mol. The summed E-state index contributed by atoms with van der Waals surface area (Å²) in [4.78, 5) is 18.0. The smallest absolute Gasteiger partial charge is 0.409 e. The molecule has 0 spiro atoms. The van der Waals surface area contributed by atoms with Gasteiger partial charge in [-0.05, 0) is 38.3 Å². The van der Waals surface area contributed by atoms with Crippen molar-refractivity contribution >= 4 is 36.0 Å². The maximum Gasteiger partial charge on any atom is 0.409 e. The summed E-state index contributed by atoms with van der Waals surface area (Å²) in [6.07, 6.45) is 4.85. The summed E-state index contributed by atoms with van der Waals surface area (Å²) >= 11 is 0. The van der Waals surface area contributed by atoms with Crippen LogP contribution in [0, 0.1) is 0 Å². The molecule has 2 rings (SSSR count). The molecule has 8 nitrogen and oxygen atoms in total. The zero-order valence-electron chi connectivity index (χ0n) is 16.8. The van der Waals surface area contributed by atoms with Gasteiger partial charge in [0.1, 0.15) is 5.76 Å². The van der Waals surface area contributed by atoms with Crippen molar-refractivity contribution in [1.82, 2.24) is 15.5 Å². The van der Waals surface area contributed by atoms with Gasteiger partial charge in [0, 0.05) is 51.9 Å². The van der Waals surface area contributed by atoms with Crippen LogP contribution in [0.1, 0.15) is 31.9 Å². The second kappa shape index (κ2) is 14.5. The summed E-state index contributed by atoms with van der Waals surface area (Å²) in [5.41, 5.74) is 0. The van der Waals surface area contributed by atoms with Crippen LogP contribution in [0.5, 0.6) is 0 Å². The quantitative estimate of drug-likeness (QED) is 0.231. The molecule has 1 aromatic rings. The number of nitrogens with one attached hydrogen (secondary N) is 2. The van der Waals surface area contributed by atoms with Gasteiger partial charge in [-0.3, -0.25) is 4.99 Å². The summed E-state index contributed by atoms with van der Waals surface area (Å²) in [5.74, 6) is 1.75. The van der Waals surface area contributed by atoms with Gasteiger partial charge in [0.2, 0.25) is 0 Å². The molecule has 1 aromatic heterocycles. The molecule has 0 radical (unpaired) electrons. The Morgan fingerprint density at radius 2 is 2.18 bits per heavy atom. The minimum absolute atomic E-state index is 0. The van der Waals surface area contributed by atoms with E-state index in [0.717, 1.165) is 57.2 Å². The number of carbonyl (C=O) groups is 1. The normalized spacial score (nSPS) is 15.1. The van der Waals surface area contributed by atoms with Crippen LogP contribution < -0.4 is 10.6 Å². The van der Waals surface area contributed by atoms with Crippen LogP contribution in [-0.4, -0.2) is 69.5 Å². The van der Waals surface area contributed by atoms with Gasteiger partial charge in [-0.2, -0.15) is 0 Å². The van der Waals surface area contributed by atoms with Crippen LogP contribution in [0.4, 0.5) is 4.79 Å². The number of furan rings is 1. The largest absolute Gasteiger partial charge is 0.469 e. The Morgan fingerprint density at radius 3 is 2.82 bits per heavy atom. The van der Waals surface area contributed by atoms with Crippen molar-refractivity contribution in [2.75, 3.05) is 46.5 Å². The molecule has 1 amide bonds. The van der Waals surface area contributed by atoms with Crippen LogP contribution >= 0.6 is 24.0 Å². The first-order chi connectivity index (χ1) is 13.2. The van der Waals surface area contributed by atoms with Gasteiger partial charge in [0.05, 0.1) is 13.4 Å². The van der Waals surface area contributed by atoms with Crippen LogP contribution in [0.25, 0.3) is 0 Å². The number of carbonyl (C=O) groups excluding carboxylic acids is 1. The Bertz CT molecular complexity index is 560. The molecule has 0 unspecified atom stereocenters. The molecule has 160 valence electrons. The second-order valence-corrected chi connectivity index (χ2v) is 6.41. The summed E-state index contributed by atoms with van der Waals surface area (Å²) in [5, 5.41) is 6.87. The molecule has 1 aliphatic heterocycles. The highest BCUT2D eigenvalue weighted by Gasteiger charge is 2.23. The molecule has 1 saturated heterocycles. The SMILES string of the molecule is CCOCCCN=C(NCCc1ccco1)NC1CCN(C(=O)OC)CC1.I. The molecule has 1 fully saturated rings. The Balaban J connectivity index is 0.00000392. The number of hydrogen-bond donors (Lipinski definition) is 2. The van der Waals surface area contributed by atoms with Gasteiger partial charge >= 0.3 is 6.09 Å². The van der Waals surface area contributed by atoms with E-state index in [4.69, 9.17) is 13.9 Å². The number of aliphatic imine (C=N–C) groups is 1. The fourth-order valence-electron chi connectivity index (χ4n) is 2.94. The van der Waals surface area contributed by atoms with Crippen molar-refractivity contribution < 1.29 is 18.7 Å². The van der Waals surface area contributed by atoms with Gasteiger partial charge in [-0.1, -0.05) is 0 Å². The van der Waals surface area contributed by atoms with E-state index in [1.54, 1.807) is 11.2 Å². The average molecular weight is 508 g/mol. The molecule has 0 bridgehead atoms. The highest BCUT2D eigenvalue weighted by Crippen LogP contribution is 2.11. The molecule has 2 heterocycles. The number of hydrogen-bond acceptors (Lipinski definition) is 5. The van der Waals surface area contributed by atoms with E-state index in [2.05, 4.69) is 15.6 Å². The number of halogens is 1. The summed E-state index contributed by atoms with van der Waals surface area (Å²) in [6.45, 7) is 6.27. The van der Waals surface area contributed by atoms with Gasteiger partial charge in [-0.25, -0.2) is 4.79 Å². The van der Waals surface area contributed by atoms with Gasteiger partial charge in [-0.15, -0.1) is 24.0 Å². The minimum Gasteiger partial charge on any atom is -0.469 e. The van der Waals surface area contributed by atoms with Crippen molar-refractivity contribution in [3.05, 3.63) is 24.2 Å². The summed E-state index contributed by atoms with van der Waals surface area (Å²) < 4.78 is 15.5. The number of ether oxygens (including phenoxy) is 2. The van der Waals surface area contributed by atoms with Crippen molar-refractivity contribution in [3.8, 4) is 0 Å². The lowest BCUT2D eigenvalue weighted by Gasteiger charge is -2.32. The van der Waals surface area contributed by atoms with E-state index in [0.29, 0.717) is 19.6 Å². The predicted octanol–water partition coefficient (Wildman–Crippen LogP) is 2.63. The Hall–Kier alpha value is -1.49. The predicted molar refractivity (Wildman–Crippen MR) is 119 cm³/mol. The third-order valence-electron chi connectivity index (χ3n) is 4.43. The van der Waals surface area contributed by atoms with Crippen LogP contribution in [0.15, 0.2) is 27.8 Å². The van der Waals surface area contributed by atoms with E-state index < -0.39 is 0 Å². The molecule has 1 aliphatic rings. The third-order valence-corrected chi connectivity index (χ3v) is 4.43. The molecule has 9 heteroatoms. The van der Waals surface area contributed by atoms with E-state index >= 15 is 0 Å². The number of likely N-dealkylation sites (tertiary alicyclic amines) is 1. The van der Waals surface area contributed by atoms with Gasteiger partial charge in [0.15, 0.2) is 5.96 Å². The number of nitrogens with zero attached hydrogens (tertiary/aromatic N) is 2. The lowest BCUT2D eigenvalue weighted by atomic mass is 10.1. The zero-order chi connectivity index (χ0) is 19.3. The van der Waals surface area contributed by atoms with Crippen molar-refractivity contribution in [1.29, 1.82) is 0 Å². The molecular formula is C19H33IN4O4. The number of amides is 1. The third kappa shape index (κ3) is 9.13. The number of rotatable bonds is 9. The van der Waals surface area contributed by atoms with Crippen molar-refractivity contribution in [3.63, 3.8) is 0 Å². The molecule has 0 aromatic carbocycles. The summed E-state index contributed by atoms with van der Waals surface area (Å²) in [7, 11) is 1.42. The van der Waals surface area contributed by atoms with Crippen LogP contribution in [0.3, 0.4) is 0 Å².